The van der Waals surface area contributed by atoms with Crippen LogP contribution in [0.25, 0.3) is 0 Å². The molecule has 0 unspecified atom stereocenters. The molecule has 0 saturated carbocycles. The van der Waals surface area contributed by atoms with Gasteiger partial charge >= 0.3 is 18.6 Å². The summed E-state index contributed by atoms with van der Waals surface area (Å²) in [5, 5.41) is 0. The molecule has 0 aliphatic carbocycles. The Balaban J connectivity index is -0.0000000157. The van der Waals surface area contributed by atoms with Crippen molar-refractivity contribution < 1.29 is 18.6 Å². The molecule has 0 N–H and O–H groups in total. The van der Waals surface area contributed by atoms with E-state index in [2.05, 4.69) is 20.8 Å². The molecule has 13 heavy (non-hydrogen) atoms. The molecule has 0 heterocycles. The standard InChI is InChI=1S/C6H14.2C2H6.2CH3.V/c1-4-6(3)5-2;2*1-2;;;/h6H,4-5H2,1-3H3;2*1-2H3;2*1H3;/q;;;2*-1;+2. The second-order valence-corrected chi connectivity index (χ2v) is 1.92. The van der Waals surface area contributed by atoms with Crippen LogP contribution < -0.4 is 0 Å². The minimum Gasteiger partial charge on any atom is -0.358 e. The Hall–Kier alpha value is 0.584. The van der Waals surface area contributed by atoms with Gasteiger partial charge in [-0.3, -0.25) is 0 Å². The summed E-state index contributed by atoms with van der Waals surface area (Å²) in [5.74, 6) is 0.935. The largest absolute Gasteiger partial charge is 2.00 e. The SMILES string of the molecule is CC.CC.CCC(C)CC.[CH3-].[CH3-].[V+2]. The zero-order valence-electron chi connectivity index (χ0n) is 11.4. The molecule has 0 nitrogen and oxygen atoms in total. The maximum atomic E-state index is 2.28. The van der Waals surface area contributed by atoms with E-state index in [9.17, 15) is 0 Å². The molecule has 0 aromatic rings. The minimum absolute atomic E-state index is 0. The van der Waals surface area contributed by atoms with E-state index in [0.29, 0.717) is 0 Å². The molecule has 0 rings (SSSR count). The van der Waals surface area contributed by atoms with Gasteiger partial charge in [-0.1, -0.05) is 61.3 Å². The van der Waals surface area contributed by atoms with E-state index in [0.717, 1.165) is 5.92 Å². The molecular weight excluding hydrogens is 195 g/mol. The van der Waals surface area contributed by atoms with Gasteiger partial charge in [0.25, 0.3) is 0 Å². The first-order valence-corrected chi connectivity index (χ1v) is 4.81. The van der Waals surface area contributed by atoms with Crippen molar-refractivity contribution in [3.63, 3.8) is 0 Å². The van der Waals surface area contributed by atoms with Crippen LogP contribution in [0.5, 0.6) is 0 Å². The predicted octanol–water partition coefficient (Wildman–Crippen LogP) is 5.39. The Morgan fingerprint density at radius 1 is 0.769 bits per heavy atom. The van der Waals surface area contributed by atoms with Crippen molar-refractivity contribution in [2.24, 2.45) is 5.92 Å². The molecule has 0 bridgehead atoms. The van der Waals surface area contributed by atoms with Crippen molar-refractivity contribution in [3.05, 3.63) is 14.9 Å². The van der Waals surface area contributed by atoms with Gasteiger partial charge in [0.15, 0.2) is 0 Å². The van der Waals surface area contributed by atoms with Crippen LogP contribution >= 0.6 is 0 Å². The Bertz CT molecular complexity index is 24.3. The number of rotatable bonds is 2. The van der Waals surface area contributed by atoms with Crippen LogP contribution in [0, 0.1) is 20.8 Å². The molecule has 0 atom stereocenters. The summed E-state index contributed by atoms with van der Waals surface area (Å²) in [6.07, 6.45) is 2.66. The first-order valence-electron chi connectivity index (χ1n) is 4.81. The fourth-order valence-corrected chi connectivity index (χ4v) is 0.289. The summed E-state index contributed by atoms with van der Waals surface area (Å²) in [7, 11) is 0. The van der Waals surface area contributed by atoms with Crippen molar-refractivity contribution in [1.29, 1.82) is 0 Å². The second kappa shape index (κ2) is 54.2. The van der Waals surface area contributed by atoms with Gasteiger partial charge in [0, 0.05) is 0 Å². The summed E-state index contributed by atoms with van der Waals surface area (Å²) < 4.78 is 0. The second-order valence-electron chi connectivity index (χ2n) is 1.92. The van der Waals surface area contributed by atoms with E-state index in [1.165, 1.54) is 12.8 Å². The van der Waals surface area contributed by atoms with Crippen LogP contribution in [0.1, 0.15) is 61.3 Å². The molecule has 85 valence electrons. The molecule has 0 aromatic heterocycles. The average molecular weight is 227 g/mol. The van der Waals surface area contributed by atoms with Gasteiger partial charge in [-0.05, 0) is 5.92 Å². The monoisotopic (exact) mass is 227 g/mol. The zero-order chi connectivity index (χ0) is 8.99. The molecule has 0 amide bonds. The van der Waals surface area contributed by atoms with Crippen LogP contribution in [-0.2, 0) is 18.6 Å². The fraction of sp³-hybridized carbons (Fsp3) is 0.833. The third-order valence-electron chi connectivity index (χ3n) is 1.39. The van der Waals surface area contributed by atoms with E-state index in [4.69, 9.17) is 0 Å². The Morgan fingerprint density at radius 3 is 0.923 bits per heavy atom. The van der Waals surface area contributed by atoms with Crippen LogP contribution in [0.2, 0.25) is 0 Å². The van der Waals surface area contributed by atoms with E-state index >= 15 is 0 Å². The van der Waals surface area contributed by atoms with Crippen LogP contribution in [0.15, 0.2) is 0 Å². The van der Waals surface area contributed by atoms with Crippen LogP contribution in [0.3, 0.4) is 0 Å². The molecule has 0 fully saturated rings. The molecule has 1 heteroatoms. The topological polar surface area (TPSA) is 0 Å². The van der Waals surface area contributed by atoms with Crippen molar-refractivity contribution in [3.8, 4) is 0 Å². The first-order chi connectivity index (χ1) is 4.81. The number of hydrogen-bond acceptors (Lipinski definition) is 0. The quantitative estimate of drug-likeness (QED) is 0.554. The molecule has 0 aliphatic rings. The van der Waals surface area contributed by atoms with E-state index in [-0.39, 0.29) is 33.4 Å². The molecule has 0 saturated heterocycles. The number of hydrogen-bond donors (Lipinski definition) is 0. The fourth-order valence-electron chi connectivity index (χ4n) is 0.289. The van der Waals surface area contributed by atoms with Crippen LogP contribution in [-0.4, -0.2) is 0 Å². The Kier molecular flexibility index (Phi) is 156. The maximum Gasteiger partial charge on any atom is 2.00 e. The summed E-state index contributed by atoms with van der Waals surface area (Å²) in [4.78, 5) is 0. The summed E-state index contributed by atoms with van der Waals surface area (Å²) in [5.41, 5.74) is 0. The van der Waals surface area contributed by atoms with Crippen LogP contribution in [0.4, 0.5) is 0 Å². The van der Waals surface area contributed by atoms with Crippen molar-refractivity contribution >= 4 is 0 Å². The normalized spacial score (nSPS) is 5.54. The minimum atomic E-state index is 0. The van der Waals surface area contributed by atoms with E-state index in [1.807, 2.05) is 27.7 Å². The molecule has 0 aliphatic heterocycles. The van der Waals surface area contributed by atoms with E-state index < -0.39 is 0 Å². The summed E-state index contributed by atoms with van der Waals surface area (Å²) in [6.45, 7) is 14.7. The van der Waals surface area contributed by atoms with Gasteiger partial charge < -0.3 is 14.9 Å². The van der Waals surface area contributed by atoms with Gasteiger partial charge in [-0.25, -0.2) is 0 Å². The molecule has 0 spiro atoms. The Labute approximate surface area is 101 Å². The van der Waals surface area contributed by atoms with Crippen molar-refractivity contribution in [2.45, 2.75) is 61.3 Å². The first kappa shape index (κ1) is 37.4. The van der Waals surface area contributed by atoms with Gasteiger partial charge in [-0.2, -0.15) is 0 Å². The smallest absolute Gasteiger partial charge is 0.358 e. The predicted molar refractivity (Wildman–Crippen MR) is 65.3 cm³/mol. The average Bonchev–Trinajstić information content (AvgIpc) is 2.10. The van der Waals surface area contributed by atoms with Gasteiger partial charge in [0.1, 0.15) is 0 Å². The maximum absolute atomic E-state index is 2.28. The van der Waals surface area contributed by atoms with Crippen molar-refractivity contribution in [1.82, 2.24) is 0 Å². The van der Waals surface area contributed by atoms with Gasteiger partial charge in [0.05, 0.1) is 0 Å². The molecule has 0 aromatic carbocycles. The van der Waals surface area contributed by atoms with Crippen molar-refractivity contribution in [2.75, 3.05) is 0 Å². The zero-order valence-corrected chi connectivity index (χ0v) is 12.8. The molecular formula is C12H32V. The molecule has 1 radical (unpaired) electrons. The van der Waals surface area contributed by atoms with E-state index in [1.54, 1.807) is 0 Å². The third kappa shape index (κ3) is 67.1. The summed E-state index contributed by atoms with van der Waals surface area (Å²) >= 11 is 0. The van der Waals surface area contributed by atoms with Gasteiger partial charge in [0.2, 0.25) is 0 Å². The Morgan fingerprint density at radius 2 is 0.923 bits per heavy atom. The summed E-state index contributed by atoms with van der Waals surface area (Å²) in [6, 6.07) is 0. The van der Waals surface area contributed by atoms with Gasteiger partial charge in [-0.15, -0.1) is 0 Å². The third-order valence-corrected chi connectivity index (χ3v) is 1.39.